The first-order valence-corrected chi connectivity index (χ1v) is 6.40. The molecule has 0 radical (unpaired) electrons. The minimum absolute atomic E-state index is 0.0206. The average Bonchev–Trinajstić information content (AvgIpc) is 2.97. The summed E-state index contributed by atoms with van der Waals surface area (Å²) in [5.74, 6) is 0. The average molecular weight is 285 g/mol. The number of benzene rings is 1. The Labute approximate surface area is 119 Å². The molecule has 0 aliphatic heterocycles. The number of rotatable bonds is 3. The summed E-state index contributed by atoms with van der Waals surface area (Å²) in [6.07, 6.45) is 3.98. The molecule has 0 fully saturated rings. The highest BCUT2D eigenvalue weighted by atomic mass is 16.6. The van der Waals surface area contributed by atoms with Gasteiger partial charge in [-0.15, -0.1) is 0 Å². The first-order chi connectivity index (χ1) is 10.2. The number of nitrogens with zero attached hydrogens (tertiary/aromatic N) is 5. The maximum atomic E-state index is 10.7. The van der Waals surface area contributed by atoms with E-state index >= 15 is 0 Å². The lowest BCUT2D eigenvalue weighted by molar-refractivity contribution is -0.384. The third-order valence-electron chi connectivity index (χ3n) is 3.12. The molecule has 8 nitrogen and oxygen atoms in total. The fourth-order valence-corrected chi connectivity index (χ4v) is 2.11. The van der Waals surface area contributed by atoms with Crippen LogP contribution in [0.2, 0.25) is 0 Å². The van der Waals surface area contributed by atoms with E-state index in [0.717, 1.165) is 30.7 Å². The Morgan fingerprint density at radius 2 is 2.24 bits per heavy atom. The number of aryl methyl sites for hydroxylation is 1. The van der Waals surface area contributed by atoms with Gasteiger partial charge >= 0.3 is 0 Å². The Hall–Kier alpha value is -2.90. The molecule has 3 rings (SSSR count). The fourth-order valence-electron chi connectivity index (χ4n) is 2.11. The highest BCUT2D eigenvalue weighted by Crippen LogP contribution is 2.18. The topological polar surface area (TPSA) is 107 Å². The molecule has 106 valence electrons. The molecule has 1 aliphatic rings. The molecule has 0 N–H and O–H groups in total. The maximum Gasteiger partial charge on any atom is 0.270 e. The van der Waals surface area contributed by atoms with Gasteiger partial charge < -0.3 is 0 Å². The molecular weight excluding hydrogens is 274 g/mol. The molecule has 0 saturated heterocycles. The number of non-ortho nitro benzene ring substituents is 1. The van der Waals surface area contributed by atoms with E-state index in [0.29, 0.717) is 11.3 Å². The van der Waals surface area contributed by atoms with Crippen molar-refractivity contribution in [3.8, 4) is 0 Å². The third kappa shape index (κ3) is 2.83. The Kier molecular flexibility index (Phi) is 3.50. The van der Waals surface area contributed by atoms with Crippen molar-refractivity contribution in [2.24, 2.45) is 10.2 Å². The molecular formula is C13H11N5O3. The molecule has 0 unspecified atom stereocenters. The molecule has 21 heavy (non-hydrogen) atoms. The van der Waals surface area contributed by atoms with E-state index in [2.05, 4.69) is 20.5 Å². The van der Waals surface area contributed by atoms with Crippen LogP contribution in [0.3, 0.4) is 0 Å². The van der Waals surface area contributed by atoms with Crippen molar-refractivity contribution in [2.75, 3.05) is 0 Å². The van der Waals surface area contributed by atoms with Crippen molar-refractivity contribution in [3.63, 3.8) is 0 Å². The molecule has 8 heteroatoms. The van der Waals surface area contributed by atoms with Gasteiger partial charge in [0, 0.05) is 17.7 Å². The van der Waals surface area contributed by atoms with Crippen LogP contribution in [0.25, 0.3) is 0 Å². The van der Waals surface area contributed by atoms with Gasteiger partial charge in [0.2, 0.25) is 0 Å². The van der Waals surface area contributed by atoms with Crippen molar-refractivity contribution in [2.45, 2.75) is 19.3 Å². The summed E-state index contributed by atoms with van der Waals surface area (Å²) in [5, 5.41) is 26.4. The van der Waals surface area contributed by atoms with E-state index in [1.54, 1.807) is 12.1 Å². The van der Waals surface area contributed by atoms with Gasteiger partial charge in [-0.25, -0.2) is 4.63 Å². The van der Waals surface area contributed by atoms with Crippen LogP contribution in [0.15, 0.2) is 39.1 Å². The largest absolute Gasteiger partial charge is 0.270 e. The molecule has 1 aromatic heterocycles. The van der Waals surface area contributed by atoms with Crippen LogP contribution in [0, 0.1) is 10.1 Å². The zero-order valence-electron chi connectivity index (χ0n) is 11.0. The number of nitro groups is 1. The molecule has 2 aromatic rings. The van der Waals surface area contributed by atoms with Gasteiger partial charge in [-0.1, -0.05) is 17.3 Å². The van der Waals surface area contributed by atoms with E-state index in [4.69, 9.17) is 4.63 Å². The monoisotopic (exact) mass is 285 g/mol. The van der Waals surface area contributed by atoms with Crippen molar-refractivity contribution in [1.29, 1.82) is 0 Å². The van der Waals surface area contributed by atoms with Crippen LogP contribution in [-0.4, -0.2) is 27.2 Å². The number of aromatic nitrogens is 2. The molecule has 0 amide bonds. The van der Waals surface area contributed by atoms with Crippen LogP contribution in [0.1, 0.15) is 29.8 Å². The summed E-state index contributed by atoms with van der Waals surface area (Å²) in [5.41, 5.74) is 2.80. The first-order valence-electron chi connectivity index (χ1n) is 6.40. The lowest BCUT2D eigenvalue weighted by atomic mass is 9.99. The summed E-state index contributed by atoms with van der Waals surface area (Å²) in [7, 11) is 0. The van der Waals surface area contributed by atoms with Crippen LogP contribution in [-0.2, 0) is 6.42 Å². The normalized spacial score (nSPS) is 16.3. The van der Waals surface area contributed by atoms with E-state index < -0.39 is 4.92 Å². The Balaban J connectivity index is 1.80. The minimum atomic E-state index is -0.447. The first kappa shape index (κ1) is 13.1. The van der Waals surface area contributed by atoms with Crippen LogP contribution in [0.4, 0.5) is 5.69 Å². The van der Waals surface area contributed by atoms with Crippen molar-refractivity contribution in [1.82, 2.24) is 10.3 Å². The van der Waals surface area contributed by atoms with E-state index in [1.807, 2.05) is 0 Å². The Morgan fingerprint density at radius 1 is 1.33 bits per heavy atom. The smallest absolute Gasteiger partial charge is 0.258 e. The Morgan fingerprint density at radius 3 is 3.10 bits per heavy atom. The molecule has 1 heterocycles. The highest BCUT2D eigenvalue weighted by Gasteiger charge is 2.21. The Bertz CT molecular complexity index is 735. The van der Waals surface area contributed by atoms with Crippen LogP contribution >= 0.6 is 0 Å². The second-order valence-electron chi connectivity index (χ2n) is 4.56. The second kappa shape index (κ2) is 5.61. The number of hydrogen-bond donors (Lipinski definition) is 0. The summed E-state index contributed by atoms with van der Waals surface area (Å²) in [6, 6.07) is 6.19. The third-order valence-corrected chi connectivity index (χ3v) is 3.12. The van der Waals surface area contributed by atoms with Gasteiger partial charge in [-0.05, 0) is 24.4 Å². The van der Waals surface area contributed by atoms with Gasteiger partial charge in [-0.3, -0.25) is 10.1 Å². The van der Waals surface area contributed by atoms with E-state index in [-0.39, 0.29) is 5.69 Å². The molecule has 0 atom stereocenters. The minimum Gasteiger partial charge on any atom is -0.258 e. The SMILES string of the molecule is O=[N+]([O-])c1cccc(C=NN=C2CCCc3nonc32)c1. The summed E-state index contributed by atoms with van der Waals surface area (Å²) >= 11 is 0. The van der Waals surface area contributed by atoms with E-state index in [1.165, 1.54) is 18.3 Å². The maximum absolute atomic E-state index is 10.7. The van der Waals surface area contributed by atoms with Crippen molar-refractivity contribution < 1.29 is 9.55 Å². The summed E-state index contributed by atoms with van der Waals surface area (Å²) in [6.45, 7) is 0. The molecule has 0 bridgehead atoms. The number of nitro benzene ring substituents is 1. The number of fused-ring (bicyclic) bond motifs is 1. The fraction of sp³-hybridized carbons (Fsp3) is 0.231. The lowest BCUT2D eigenvalue weighted by Crippen LogP contribution is -2.11. The van der Waals surface area contributed by atoms with E-state index in [9.17, 15) is 10.1 Å². The second-order valence-corrected chi connectivity index (χ2v) is 4.56. The van der Waals surface area contributed by atoms with Gasteiger partial charge in [0.05, 0.1) is 16.8 Å². The quantitative estimate of drug-likeness (QED) is 0.487. The van der Waals surface area contributed by atoms with Crippen LogP contribution in [0.5, 0.6) is 0 Å². The highest BCUT2D eigenvalue weighted by molar-refractivity contribution is 6.00. The van der Waals surface area contributed by atoms with Gasteiger partial charge in [0.15, 0.2) is 5.69 Å². The number of hydrogen-bond acceptors (Lipinski definition) is 7. The zero-order chi connectivity index (χ0) is 14.7. The summed E-state index contributed by atoms with van der Waals surface area (Å²) in [4.78, 5) is 10.2. The van der Waals surface area contributed by atoms with Gasteiger partial charge in [0.25, 0.3) is 5.69 Å². The van der Waals surface area contributed by atoms with Crippen LogP contribution < -0.4 is 0 Å². The summed E-state index contributed by atoms with van der Waals surface area (Å²) < 4.78 is 4.70. The predicted octanol–water partition coefficient (Wildman–Crippen LogP) is 2.14. The molecule has 0 saturated carbocycles. The lowest BCUT2D eigenvalue weighted by Gasteiger charge is -2.07. The molecule has 0 spiro atoms. The predicted molar refractivity (Wildman–Crippen MR) is 74.5 cm³/mol. The molecule has 1 aromatic carbocycles. The standard InChI is InChI=1S/C13H11N5O3/c19-18(20)10-4-1-3-9(7-10)8-14-15-11-5-2-6-12-13(11)17-21-16-12/h1,3-4,7-8H,2,5-6H2. The van der Waals surface area contributed by atoms with Gasteiger partial charge in [-0.2, -0.15) is 10.2 Å². The van der Waals surface area contributed by atoms with Crippen molar-refractivity contribution in [3.05, 3.63) is 51.3 Å². The molecule has 1 aliphatic carbocycles. The van der Waals surface area contributed by atoms with Gasteiger partial charge in [0.1, 0.15) is 5.69 Å². The van der Waals surface area contributed by atoms with Crippen molar-refractivity contribution >= 4 is 17.6 Å². The zero-order valence-corrected chi connectivity index (χ0v) is 11.0.